The van der Waals surface area contributed by atoms with Crippen molar-refractivity contribution in [3.8, 4) is 0 Å². The molecular formula is C13H30N2O. The van der Waals surface area contributed by atoms with Crippen molar-refractivity contribution in [3.05, 3.63) is 0 Å². The molecule has 0 heterocycles. The molecule has 0 fully saturated rings. The Morgan fingerprint density at radius 3 is 2.50 bits per heavy atom. The van der Waals surface area contributed by atoms with Crippen LogP contribution in [0.1, 0.15) is 52.9 Å². The average Bonchev–Trinajstić information content (AvgIpc) is 2.24. The number of unbranched alkanes of at least 4 members (excludes halogenated alkanes) is 1. The maximum atomic E-state index is 9.74. The smallest absolute Gasteiger partial charge is 0.0741 e. The van der Waals surface area contributed by atoms with Crippen LogP contribution in [0.15, 0.2) is 0 Å². The fourth-order valence-corrected chi connectivity index (χ4v) is 1.83. The van der Waals surface area contributed by atoms with Crippen molar-refractivity contribution in [2.24, 2.45) is 5.73 Å². The van der Waals surface area contributed by atoms with Crippen molar-refractivity contribution in [2.75, 3.05) is 20.1 Å². The number of rotatable bonds is 9. The van der Waals surface area contributed by atoms with Gasteiger partial charge in [-0.1, -0.05) is 13.3 Å². The van der Waals surface area contributed by atoms with Crippen LogP contribution in [0.4, 0.5) is 0 Å². The lowest BCUT2D eigenvalue weighted by Gasteiger charge is -2.25. The van der Waals surface area contributed by atoms with Crippen LogP contribution in [0.25, 0.3) is 0 Å². The first-order valence-corrected chi connectivity index (χ1v) is 6.55. The van der Waals surface area contributed by atoms with Crippen molar-refractivity contribution in [2.45, 2.75) is 64.5 Å². The van der Waals surface area contributed by atoms with Crippen molar-refractivity contribution in [1.82, 2.24) is 4.90 Å². The van der Waals surface area contributed by atoms with Gasteiger partial charge in [0, 0.05) is 12.6 Å². The van der Waals surface area contributed by atoms with Gasteiger partial charge in [0.15, 0.2) is 0 Å². The molecule has 2 unspecified atom stereocenters. The van der Waals surface area contributed by atoms with Crippen LogP contribution < -0.4 is 5.73 Å². The topological polar surface area (TPSA) is 49.5 Å². The third kappa shape index (κ3) is 7.20. The SMILES string of the molecule is CCCC(C)N(C)CCCCC(C)(O)CN. The highest BCUT2D eigenvalue weighted by molar-refractivity contribution is 4.73. The average molecular weight is 230 g/mol. The van der Waals surface area contributed by atoms with E-state index in [0.29, 0.717) is 12.6 Å². The summed E-state index contributed by atoms with van der Waals surface area (Å²) in [4.78, 5) is 2.40. The monoisotopic (exact) mass is 230 g/mol. The Bertz CT molecular complexity index is 171. The molecule has 3 nitrogen and oxygen atoms in total. The van der Waals surface area contributed by atoms with Crippen LogP contribution in [-0.4, -0.2) is 41.8 Å². The van der Waals surface area contributed by atoms with Gasteiger partial charge >= 0.3 is 0 Å². The third-order valence-electron chi connectivity index (χ3n) is 3.37. The Balaban J connectivity index is 3.58. The largest absolute Gasteiger partial charge is 0.389 e. The first-order valence-electron chi connectivity index (χ1n) is 6.55. The molecule has 0 spiro atoms. The highest BCUT2D eigenvalue weighted by Crippen LogP contribution is 2.13. The van der Waals surface area contributed by atoms with E-state index in [2.05, 4.69) is 25.8 Å². The van der Waals surface area contributed by atoms with Crippen molar-refractivity contribution in [3.63, 3.8) is 0 Å². The van der Waals surface area contributed by atoms with E-state index in [1.54, 1.807) is 0 Å². The van der Waals surface area contributed by atoms with E-state index in [4.69, 9.17) is 5.73 Å². The van der Waals surface area contributed by atoms with Gasteiger partial charge in [0.05, 0.1) is 5.60 Å². The Morgan fingerprint density at radius 2 is 2.00 bits per heavy atom. The summed E-state index contributed by atoms with van der Waals surface area (Å²) >= 11 is 0. The molecule has 0 bridgehead atoms. The van der Waals surface area contributed by atoms with E-state index >= 15 is 0 Å². The fourth-order valence-electron chi connectivity index (χ4n) is 1.83. The Hall–Kier alpha value is -0.120. The number of nitrogens with two attached hydrogens (primary N) is 1. The van der Waals surface area contributed by atoms with Crippen molar-refractivity contribution >= 4 is 0 Å². The molecule has 0 aromatic carbocycles. The molecule has 0 radical (unpaired) electrons. The molecule has 0 amide bonds. The third-order valence-corrected chi connectivity index (χ3v) is 3.37. The van der Waals surface area contributed by atoms with Crippen LogP contribution in [0.3, 0.4) is 0 Å². The van der Waals surface area contributed by atoms with Crippen molar-refractivity contribution in [1.29, 1.82) is 0 Å². The summed E-state index contributed by atoms with van der Waals surface area (Å²) in [7, 11) is 2.18. The van der Waals surface area contributed by atoms with Gasteiger partial charge in [0.2, 0.25) is 0 Å². The van der Waals surface area contributed by atoms with E-state index in [1.165, 1.54) is 12.8 Å². The van der Waals surface area contributed by atoms with Crippen LogP contribution >= 0.6 is 0 Å². The molecule has 0 saturated carbocycles. The molecule has 3 N–H and O–H groups in total. The Kier molecular flexibility index (Phi) is 7.98. The summed E-state index contributed by atoms with van der Waals surface area (Å²) in [5.74, 6) is 0. The van der Waals surface area contributed by atoms with Gasteiger partial charge in [0.25, 0.3) is 0 Å². The van der Waals surface area contributed by atoms with Gasteiger partial charge in [-0.15, -0.1) is 0 Å². The predicted molar refractivity (Wildman–Crippen MR) is 70.5 cm³/mol. The number of hydrogen-bond donors (Lipinski definition) is 2. The summed E-state index contributed by atoms with van der Waals surface area (Å²) in [6.07, 6.45) is 5.50. The van der Waals surface area contributed by atoms with Gasteiger partial charge in [-0.25, -0.2) is 0 Å². The summed E-state index contributed by atoms with van der Waals surface area (Å²) in [6, 6.07) is 0.667. The van der Waals surface area contributed by atoms with Gasteiger partial charge in [-0.2, -0.15) is 0 Å². The van der Waals surface area contributed by atoms with Crippen LogP contribution in [0, 0.1) is 0 Å². The van der Waals surface area contributed by atoms with E-state index in [-0.39, 0.29) is 0 Å². The zero-order chi connectivity index (χ0) is 12.6. The Morgan fingerprint density at radius 1 is 1.38 bits per heavy atom. The summed E-state index contributed by atoms with van der Waals surface area (Å²) in [5.41, 5.74) is 4.80. The number of aliphatic hydroxyl groups is 1. The van der Waals surface area contributed by atoms with E-state index in [1.807, 2.05) is 6.92 Å². The minimum atomic E-state index is -0.673. The molecule has 0 aliphatic carbocycles. The fraction of sp³-hybridized carbons (Fsp3) is 1.00. The Labute approximate surface area is 101 Å². The molecule has 0 aliphatic heterocycles. The molecule has 3 heteroatoms. The standard InChI is InChI=1S/C13H30N2O/c1-5-8-12(2)15(4)10-7-6-9-13(3,16)11-14/h12,16H,5-11,14H2,1-4H3. The van der Waals surface area contributed by atoms with Crippen molar-refractivity contribution < 1.29 is 5.11 Å². The molecule has 0 rings (SSSR count). The van der Waals surface area contributed by atoms with Crippen LogP contribution in [0.2, 0.25) is 0 Å². The summed E-state index contributed by atoms with van der Waals surface area (Å²) in [6.45, 7) is 7.79. The van der Waals surface area contributed by atoms with Gasteiger partial charge in [0.1, 0.15) is 0 Å². The van der Waals surface area contributed by atoms with Gasteiger partial charge in [-0.05, 0) is 53.1 Å². The van der Waals surface area contributed by atoms with Crippen LogP contribution in [0.5, 0.6) is 0 Å². The van der Waals surface area contributed by atoms with E-state index < -0.39 is 5.60 Å². The van der Waals surface area contributed by atoms with Crippen LogP contribution in [-0.2, 0) is 0 Å². The normalized spacial score (nSPS) is 17.4. The number of hydrogen-bond acceptors (Lipinski definition) is 3. The second kappa shape index (κ2) is 8.04. The summed E-state index contributed by atoms with van der Waals surface area (Å²) < 4.78 is 0. The molecule has 98 valence electrons. The number of nitrogens with zero attached hydrogens (tertiary/aromatic N) is 1. The van der Waals surface area contributed by atoms with E-state index in [9.17, 15) is 5.11 Å². The lowest BCUT2D eigenvalue weighted by molar-refractivity contribution is 0.0562. The molecule has 16 heavy (non-hydrogen) atoms. The molecule has 0 aromatic heterocycles. The molecule has 0 aliphatic rings. The maximum Gasteiger partial charge on any atom is 0.0741 e. The van der Waals surface area contributed by atoms with Gasteiger partial charge < -0.3 is 15.7 Å². The lowest BCUT2D eigenvalue weighted by atomic mass is 9.99. The molecule has 0 saturated heterocycles. The molecule has 2 atom stereocenters. The lowest BCUT2D eigenvalue weighted by Crippen LogP contribution is -2.34. The highest BCUT2D eigenvalue weighted by atomic mass is 16.3. The highest BCUT2D eigenvalue weighted by Gasteiger charge is 2.17. The van der Waals surface area contributed by atoms with Gasteiger partial charge in [-0.3, -0.25) is 0 Å². The van der Waals surface area contributed by atoms with E-state index in [0.717, 1.165) is 25.8 Å². The minimum Gasteiger partial charge on any atom is -0.389 e. The quantitative estimate of drug-likeness (QED) is 0.596. The first-order chi connectivity index (χ1) is 7.43. The first kappa shape index (κ1) is 15.9. The second-order valence-corrected chi connectivity index (χ2v) is 5.28. The zero-order valence-corrected chi connectivity index (χ0v) is 11.5. The minimum absolute atomic E-state index is 0.356. The second-order valence-electron chi connectivity index (χ2n) is 5.28. The maximum absolute atomic E-state index is 9.74. The predicted octanol–water partition coefficient (Wildman–Crippen LogP) is 1.99. The molecule has 0 aromatic rings. The molecular weight excluding hydrogens is 200 g/mol. The zero-order valence-electron chi connectivity index (χ0n) is 11.5. The summed E-state index contributed by atoms with van der Waals surface area (Å²) in [5, 5.41) is 9.74.